The highest BCUT2D eigenvalue weighted by atomic mass is 16.1. The summed E-state index contributed by atoms with van der Waals surface area (Å²) in [4.78, 5) is 15.1. The highest BCUT2D eigenvalue weighted by molar-refractivity contribution is 5.79. The zero-order valence-electron chi connectivity index (χ0n) is 9.96. The van der Waals surface area contributed by atoms with E-state index in [1.54, 1.807) is 7.05 Å². The van der Waals surface area contributed by atoms with Gasteiger partial charge in [0.15, 0.2) is 5.96 Å². The molecule has 16 heavy (non-hydrogen) atoms. The number of carbonyl (C=O) groups is 1. The van der Waals surface area contributed by atoms with E-state index in [-0.39, 0.29) is 5.91 Å². The standard InChI is InChI=1S/C11H22N4O/c1-13-10(16)7-8-14-11(12)15-9-5-3-2-4-6-9/h9H,2-8H2,1H3,(H,13,16)(H3,12,14,15). The van der Waals surface area contributed by atoms with Crippen LogP contribution in [0.15, 0.2) is 4.99 Å². The molecule has 0 aliphatic heterocycles. The summed E-state index contributed by atoms with van der Waals surface area (Å²) < 4.78 is 0. The zero-order valence-corrected chi connectivity index (χ0v) is 9.96. The molecule has 1 aliphatic rings. The van der Waals surface area contributed by atoms with Crippen LogP contribution in [0, 0.1) is 0 Å². The van der Waals surface area contributed by atoms with Gasteiger partial charge in [0.25, 0.3) is 0 Å². The monoisotopic (exact) mass is 226 g/mol. The molecule has 1 amide bonds. The van der Waals surface area contributed by atoms with Crippen molar-refractivity contribution in [2.75, 3.05) is 13.6 Å². The van der Waals surface area contributed by atoms with Crippen molar-refractivity contribution in [1.82, 2.24) is 10.6 Å². The number of nitrogens with two attached hydrogens (primary N) is 1. The second-order valence-corrected chi connectivity index (χ2v) is 4.17. The molecule has 0 aromatic rings. The van der Waals surface area contributed by atoms with Gasteiger partial charge in [0.2, 0.25) is 5.91 Å². The normalized spacial score (nSPS) is 18.2. The van der Waals surface area contributed by atoms with Crippen LogP contribution in [-0.2, 0) is 4.79 Å². The van der Waals surface area contributed by atoms with E-state index in [2.05, 4.69) is 15.6 Å². The van der Waals surface area contributed by atoms with Gasteiger partial charge < -0.3 is 16.4 Å². The smallest absolute Gasteiger partial charge is 0.221 e. The summed E-state index contributed by atoms with van der Waals surface area (Å²) in [5.74, 6) is 0.463. The maximum atomic E-state index is 10.9. The average Bonchev–Trinajstić information content (AvgIpc) is 2.30. The molecule has 1 aliphatic carbocycles. The van der Waals surface area contributed by atoms with Crippen LogP contribution in [0.2, 0.25) is 0 Å². The fourth-order valence-corrected chi connectivity index (χ4v) is 1.90. The molecule has 5 heteroatoms. The maximum Gasteiger partial charge on any atom is 0.221 e. The van der Waals surface area contributed by atoms with Gasteiger partial charge >= 0.3 is 0 Å². The number of hydrogen-bond acceptors (Lipinski definition) is 2. The Labute approximate surface area is 96.9 Å². The van der Waals surface area contributed by atoms with Gasteiger partial charge in [-0.1, -0.05) is 19.3 Å². The van der Waals surface area contributed by atoms with Crippen LogP contribution in [0.5, 0.6) is 0 Å². The van der Waals surface area contributed by atoms with Gasteiger partial charge in [0.1, 0.15) is 0 Å². The Kier molecular flexibility index (Phi) is 5.67. The Morgan fingerprint density at radius 1 is 1.38 bits per heavy atom. The molecular weight excluding hydrogens is 204 g/mol. The molecule has 0 spiro atoms. The lowest BCUT2D eigenvalue weighted by molar-refractivity contribution is -0.120. The Morgan fingerprint density at radius 2 is 2.06 bits per heavy atom. The van der Waals surface area contributed by atoms with E-state index in [0.29, 0.717) is 25.0 Å². The molecule has 5 nitrogen and oxygen atoms in total. The van der Waals surface area contributed by atoms with Crippen molar-refractivity contribution in [2.45, 2.75) is 44.6 Å². The number of rotatable bonds is 4. The van der Waals surface area contributed by atoms with Gasteiger partial charge in [-0.25, -0.2) is 0 Å². The molecule has 1 fully saturated rings. The molecule has 0 unspecified atom stereocenters. The largest absolute Gasteiger partial charge is 0.370 e. The van der Waals surface area contributed by atoms with Crippen molar-refractivity contribution in [3.63, 3.8) is 0 Å². The Hall–Kier alpha value is -1.26. The van der Waals surface area contributed by atoms with Gasteiger partial charge in [0, 0.05) is 19.5 Å². The lowest BCUT2D eigenvalue weighted by atomic mass is 9.96. The first-order valence-electron chi connectivity index (χ1n) is 5.99. The summed E-state index contributed by atoms with van der Waals surface area (Å²) >= 11 is 0. The lowest BCUT2D eigenvalue weighted by Crippen LogP contribution is -2.41. The molecule has 0 saturated heterocycles. The summed E-state index contributed by atoms with van der Waals surface area (Å²) in [6, 6.07) is 0.470. The SMILES string of the molecule is CNC(=O)CCN=C(N)NC1CCCCC1. The number of hydrogen-bond donors (Lipinski definition) is 3. The van der Waals surface area contributed by atoms with E-state index < -0.39 is 0 Å². The number of nitrogens with zero attached hydrogens (tertiary/aromatic N) is 1. The molecule has 1 saturated carbocycles. The maximum absolute atomic E-state index is 10.9. The van der Waals surface area contributed by atoms with Crippen LogP contribution in [0.25, 0.3) is 0 Å². The van der Waals surface area contributed by atoms with Crippen LogP contribution < -0.4 is 16.4 Å². The minimum absolute atomic E-state index is 0.00536. The molecule has 0 aromatic heterocycles. The van der Waals surface area contributed by atoms with Crippen LogP contribution in [0.3, 0.4) is 0 Å². The van der Waals surface area contributed by atoms with Crippen LogP contribution in [0.1, 0.15) is 38.5 Å². The summed E-state index contributed by atoms with van der Waals surface area (Å²) in [6.07, 6.45) is 6.60. The Bertz CT molecular complexity index is 246. The molecule has 0 radical (unpaired) electrons. The fourth-order valence-electron chi connectivity index (χ4n) is 1.90. The summed E-state index contributed by atoms with van der Waals surface area (Å²) in [5, 5.41) is 5.76. The molecule has 0 bridgehead atoms. The quantitative estimate of drug-likeness (QED) is 0.478. The van der Waals surface area contributed by atoms with Crippen molar-refractivity contribution < 1.29 is 4.79 Å². The van der Waals surface area contributed by atoms with Crippen LogP contribution in [0.4, 0.5) is 0 Å². The zero-order chi connectivity index (χ0) is 11.8. The summed E-state index contributed by atoms with van der Waals surface area (Å²) in [6.45, 7) is 0.450. The second kappa shape index (κ2) is 7.09. The number of carbonyl (C=O) groups excluding carboxylic acids is 1. The van der Waals surface area contributed by atoms with E-state index >= 15 is 0 Å². The molecule has 1 rings (SSSR count). The predicted octanol–water partition coefficient (Wildman–Crippen LogP) is 0.360. The molecule has 0 heterocycles. The second-order valence-electron chi connectivity index (χ2n) is 4.17. The highest BCUT2D eigenvalue weighted by Gasteiger charge is 2.13. The predicted molar refractivity (Wildman–Crippen MR) is 65.2 cm³/mol. The minimum atomic E-state index is -0.00536. The van der Waals surface area contributed by atoms with Crippen LogP contribution >= 0.6 is 0 Å². The van der Waals surface area contributed by atoms with Crippen LogP contribution in [-0.4, -0.2) is 31.5 Å². The first-order chi connectivity index (χ1) is 7.72. The van der Waals surface area contributed by atoms with E-state index in [4.69, 9.17) is 5.73 Å². The topological polar surface area (TPSA) is 79.5 Å². The summed E-state index contributed by atoms with van der Waals surface area (Å²) in [7, 11) is 1.62. The van der Waals surface area contributed by atoms with Crippen molar-refractivity contribution in [3.8, 4) is 0 Å². The van der Waals surface area contributed by atoms with Crippen molar-refractivity contribution in [1.29, 1.82) is 0 Å². The van der Waals surface area contributed by atoms with E-state index in [0.717, 1.165) is 0 Å². The number of aliphatic imine (C=N–C) groups is 1. The van der Waals surface area contributed by atoms with E-state index in [1.165, 1.54) is 32.1 Å². The third-order valence-electron chi connectivity index (χ3n) is 2.86. The molecule has 4 N–H and O–H groups in total. The van der Waals surface area contributed by atoms with E-state index in [9.17, 15) is 4.79 Å². The number of nitrogens with one attached hydrogen (secondary N) is 2. The average molecular weight is 226 g/mol. The third-order valence-corrected chi connectivity index (χ3v) is 2.86. The van der Waals surface area contributed by atoms with Gasteiger partial charge in [-0.3, -0.25) is 9.79 Å². The first kappa shape index (κ1) is 12.8. The third kappa shape index (κ3) is 5.00. The first-order valence-corrected chi connectivity index (χ1v) is 5.99. The van der Waals surface area contributed by atoms with Gasteiger partial charge in [-0.2, -0.15) is 0 Å². The van der Waals surface area contributed by atoms with E-state index in [1.807, 2.05) is 0 Å². The van der Waals surface area contributed by atoms with Crippen molar-refractivity contribution >= 4 is 11.9 Å². The van der Waals surface area contributed by atoms with Gasteiger partial charge in [0.05, 0.1) is 6.54 Å². The van der Waals surface area contributed by atoms with Crippen molar-refractivity contribution in [3.05, 3.63) is 0 Å². The molecule has 0 aromatic carbocycles. The fraction of sp³-hybridized carbons (Fsp3) is 0.818. The molecule has 92 valence electrons. The molecule has 0 atom stereocenters. The van der Waals surface area contributed by atoms with Gasteiger partial charge in [-0.15, -0.1) is 0 Å². The number of amides is 1. The highest BCUT2D eigenvalue weighted by Crippen LogP contribution is 2.16. The van der Waals surface area contributed by atoms with Gasteiger partial charge in [-0.05, 0) is 12.8 Å². The Balaban J connectivity index is 2.19. The summed E-state index contributed by atoms with van der Waals surface area (Å²) in [5.41, 5.74) is 5.74. The molecular formula is C11H22N4O. The lowest BCUT2D eigenvalue weighted by Gasteiger charge is -2.23. The Morgan fingerprint density at radius 3 is 2.69 bits per heavy atom. The van der Waals surface area contributed by atoms with Crippen molar-refractivity contribution in [2.24, 2.45) is 10.7 Å². The minimum Gasteiger partial charge on any atom is -0.370 e. The number of guanidine groups is 1.